The van der Waals surface area contributed by atoms with Gasteiger partial charge in [0.15, 0.2) is 0 Å². The molecule has 6 nitrogen and oxygen atoms in total. The predicted molar refractivity (Wildman–Crippen MR) is 61.4 cm³/mol. The van der Waals surface area contributed by atoms with Crippen LogP contribution in [0, 0.1) is 0 Å². The summed E-state index contributed by atoms with van der Waals surface area (Å²) >= 11 is 0. The van der Waals surface area contributed by atoms with Gasteiger partial charge in [-0.25, -0.2) is 5.48 Å². The van der Waals surface area contributed by atoms with Gasteiger partial charge < -0.3 is 20.2 Å². The van der Waals surface area contributed by atoms with Crippen LogP contribution >= 0.6 is 0 Å². The molecule has 3 N–H and O–H groups in total. The van der Waals surface area contributed by atoms with E-state index in [2.05, 4.69) is 15.7 Å². The number of nitrogens with one attached hydrogen (secondary N) is 2. The number of hydroxylamine groups is 1. The van der Waals surface area contributed by atoms with Gasteiger partial charge in [0, 0.05) is 13.1 Å². The standard InChI is InChI=1S/C10H23N3O3/c1-3-16-10(14)9-11-5-4-7-13(2)8-6-12-15/h11-12,15H,3-9H2,1-2H3. The lowest BCUT2D eigenvalue weighted by Gasteiger charge is -2.15. The van der Waals surface area contributed by atoms with Crippen molar-refractivity contribution in [3.05, 3.63) is 0 Å². The summed E-state index contributed by atoms with van der Waals surface area (Å²) in [5, 5.41) is 11.4. The maximum Gasteiger partial charge on any atom is 0.319 e. The van der Waals surface area contributed by atoms with Crippen LogP contribution in [0.15, 0.2) is 0 Å². The molecule has 16 heavy (non-hydrogen) atoms. The quantitative estimate of drug-likeness (QED) is 0.267. The second-order valence-electron chi connectivity index (χ2n) is 3.55. The SMILES string of the molecule is CCOC(=O)CNCCCN(C)CCNO. The van der Waals surface area contributed by atoms with E-state index in [4.69, 9.17) is 9.94 Å². The molecule has 6 heteroatoms. The Morgan fingerprint density at radius 3 is 2.75 bits per heavy atom. The number of rotatable bonds is 10. The van der Waals surface area contributed by atoms with Crippen molar-refractivity contribution in [2.45, 2.75) is 13.3 Å². The minimum Gasteiger partial charge on any atom is -0.465 e. The molecule has 0 amide bonds. The van der Waals surface area contributed by atoms with Gasteiger partial charge in [-0.1, -0.05) is 0 Å². The zero-order valence-electron chi connectivity index (χ0n) is 10.2. The van der Waals surface area contributed by atoms with Crippen molar-refractivity contribution in [1.29, 1.82) is 0 Å². The molecule has 0 unspecified atom stereocenters. The van der Waals surface area contributed by atoms with E-state index >= 15 is 0 Å². The number of carbonyl (C=O) groups is 1. The molecule has 0 radical (unpaired) electrons. The van der Waals surface area contributed by atoms with Crippen LogP contribution in [0.4, 0.5) is 0 Å². The van der Waals surface area contributed by atoms with Crippen molar-refractivity contribution < 1.29 is 14.7 Å². The summed E-state index contributed by atoms with van der Waals surface area (Å²) < 4.78 is 4.77. The minimum absolute atomic E-state index is 0.208. The van der Waals surface area contributed by atoms with Gasteiger partial charge in [-0.2, -0.15) is 0 Å². The lowest BCUT2D eigenvalue weighted by Crippen LogP contribution is -2.31. The molecule has 0 aromatic carbocycles. The van der Waals surface area contributed by atoms with Crippen LogP contribution in [0.25, 0.3) is 0 Å². The molecule has 0 bridgehead atoms. The summed E-state index contributed by atoms with van der Waals surface area (Å²) in [6, 6.07) is 0. The van der Waals surface area contributed by atoms with Crippen LogP contribution in [0.5, 0.6) is 0 Å². The van der Waals surface area contributed by atoms with E-state index in [9.17, 15) is 4.79 Å². The highest BCUT2D eigenvalue weighted by Gasteiger charge is 2.00. The fraction of sp³-hybridized carbons (Fsp3) is 0.900. The van der Waals surface area contributed by atoms with E-state index in [1.165, 1.54) is 0 Å². The first-order valence-corrected chi connectivity index (χ1v) is 5.62. The first-order chi connectivity index (χ1) is 7.70. The number of carbonyl (C=O) groups excluding carboxylic acids is 1. The molecule has 0 aliphatic heterocycles. The molecular formula is C10H23N3O3. The van der Waals surface area contributed by atoms with Crippen LogP contribution < -0.4 is 10.8 Å². The Balaban J connectivity index is 3.23. The van der Waals surface area contributed by atoms with Crippen molar-refractivity contribution in [1.82, 2.24) is 15.7 Å². The second-order valence-corrected chi connectivity index (χ2v) is 3.55. The molecule has 0 rings (SSSR count). The highest BCUT2D eigenvalue weighted by molar-refractivity contribution is 5.71. The monoisotopic (exact) mass is 233 g/mol. The minimum atomic E-state index is -0.208. The molecule has 96 valence electrons. The Morgan fingerprint density at radius 2 is 2.12 bits per heavy atom. The van der Waals surface area contributed by atoms with E-state index in [1.54, 1.807) is 6.92 Å². The second kappa shape index (κ2) is 10.8. The lowest BCUT2D eigenvalue weighted by molar-refractivity contribution is -0.141. The third-order valence-electron chi connectivity index (χ3n) is 2.07. The van der Waals surface area contributed by atoms with Crippen LogP contribution in [0.3, 0.4) is 0 Å². The largest absolute Gasteiger partial charge is 0.465 e. The summed E-state index contributed by atoms with van der Waals surface area (Å²) in [5.41, 5.74) is 2.11. The van der Waals surface area contributed by atoms with Crippen molar-refractivity contribution in [3.63, 3.8) is 0 Å². The third-order valence-corrected chi connectivity index (χ3v) is 2.07. The molecule has 0 fully saturated rings. The number of esters is 1. The molecule has 0 aromatic rings. The summed E-state index contributed by atoms with van der Waals surface area (Å²) in [6.07, 6.45) is 0.960. The van der Waals surface area contributed by atoms with E-state index < -0.39 is 0 Å². The summed E-state index contributed by atoms with van der Waals surface area (Å²) in [6.45, 7) is 5.57. The van der Waals surface area contributed by atoms with Crippen molar-refractivity contribution >= 4 is 5.97 Å². The van der Waals surface area contributed by atoms with E-state index in [1.807, 2.05) is 7.05 Å². The molecule has 0 saturated carbocycles. The average Bonchev–Trinajstić information content (AvgIpc) is 2.26. The molecule has 0 aromatic heterocycles. The van der Waals surface area contributed by atoms with Gasteiger partial charge in [0.2, 0.25) is 0 Å². The third kappa shape index (κ3) is 9.85. The van der Waals surface area contributed by atoms with Gasteiger partial charge in [-0.3, -0.25) is 4.79 Å². The van der Waals surface area contributed by atoms with E-state index in [-0.39, 0.29) is 12.5 Å². The molecule has 0 atom stereocenters. The topological polar surface area (TPSA) is 73.8 Å². The number of hydrogen-bond acceptors (Lipinski definition) is 6. The Kier molecular flexibility index (Phi) is 10.3. The molecule has 0 spiro atoms. The Bertz CT molecular complexity index is 179. The van der Waals surface area contributed by atoms with Crippen LogP contribution in [0.2, 0.25) is 0 Å². The fourth-order valence-electron chi connectivity index (χ4n) is 1.23. The molecule has 0 aliphatic carbocycles. The fourth-order valence-corrected chi connectivity index (χ4v) is 1.23. The first kappa shape index (κ1) is 15.3. The highest BCUT2D eigenvalue weighted by Crippen LogP contribution is 1.85. The molecule has 0 heterocycles. The Labute approximate surface area is 96.9 Å². The van der Waals surface area contributed by atoms with Crippen LogP contribution in [0.1, 0.15) is 13.3 Å². The maximum atomic E-state index is 11.0. The molecule has 0 aliphatic rings. The van der Waals surface area contributed by atoms with Gasteiger partial charge in [0.25, 0.3) is 0 Å². The zero-order chi connectivity index (χ0) is 12.2. The van der Waals surface area contributed by atoms with E-state index in [0.717, 1.165) is 26.1 Å². The van der Waals surface area contributed by atoms with Crippen molar-refractivity contribution in [2.24, 2.45) is 0 Å². The molecule has 0 saturated heterocycles. The van der Waals surface area contributed by atoms with Crippen LogP contribution in [-0.4, -0.2) is 62.5 Å². The maximum absolute atomic E-state index is 11.0. The van der Waals surface area contributed by atoms with Crippen LogP contribution in [-0.2, 0) is 9.53 Å². The highest BCUT2D eigenvalue weighted by atomic mass is 16.5. The summed E-state index contributed by atoms with van der Waals surface area (Å²) in [7, 11) is 1.99. The molecular weight excluding hydrogens is 210 g/mol. The van der Waals surface area contributed by atoms with Gasteiger partial charge in [-0.05, 0) is 33.5 Å². The summed E-state index contributed by atoms with van der Waals surface area (Å²) in [4.78, 5) is 13.1. The normalized spacial score (nSPS) is 10.8. The van der Waals surface area contributed by atoms with Gasteiger partial charge in [0.1, 0.15) is 0 Å². The van der Waals surface area contributed by atoms with Gasteiger partial charge >= 0.3 is 5.97 Å². The van der Waals surface area contributed by atoms with Gasteiger partial charge in [0.05, 0.1) is 13.2 Å². The zero-order valence-corrected chi connectivity index (χ0v) is 10.2. The van der Waals surface area contributed by atoms with E-state index in [0.29, 0.717) is 13.2 Å². The average molecular weight is 233 g/mol. The Morgan fingerprint density at radius 1 is 1.38 bits per heavy atom. The number of ether oxygens (including phenoxy) is 1. The first-order valence-electron chi connectivity index (χ1n) is 5.62. The van der Waals surface area contributed by atoms with Gasteiger partial charge in [-0.15, -0.1) is 0 Å². The number of hydrogen-bond donors (Lipinski definition) is 3. The number of likely N-dealkylation sites (N-methyl/N-ethyl adjacent to an activating group) is 1. The smallest absolute Gasteiger partial charge is 0.319 e. The van der Waals surface area contributed by atoms with Crippen molar-refractivity contribution in [3.8, 4) is 0 Å². The summed E-state index contributed by atoms with van der Waals surface area (Å²) in [5.74, 6) is -0.208. The Hall–Kier alpha value is -0.690. The number of nitrogens with zero attached hydrogens (tertiary/aromatic N) is 1. The lowest BCUT2D eigenvalue weighted by atomic mass is 10.4. The predicted octanol–water partition coefficient (Wildman–Crippen LogP) is -0.560. The van der Waals surface area contributed by atoms with Crippen molar-refractivity contribution in [2.75, 3.05) is 46.4 Å².